The van der Waals surface area contributed by atoms with Gasteiger partial charge in [-0.3, -0.25) is 20.2 Å². The van der Waals surface area contributed by atoms with E-state index < -0.39 is 33.8 Å². The molecule has 0 aliphatic heterocycles. The van der Waals surface area contributed by atoms with Crippen LogP contribution in [0.5, 0.6) is 0 Å². The summed E-state index contributed by atoms with van der Waals surface area (Å²) in [4.78, 5) is 38.4. The van der Waals surface area contributed by atoms with Crippen LogP contribution < -0.4 is 5.32 Å². The summed E-state index contributed by atoms with van der Waals surface area (Å²) >= 11 is 7.74. The molecule has 218 valence electrons. The number of rotatable bonds is 9. The smallest absolute Gasteiger partial charge is 0.412 e. The maximum absolute atomic E-state index is 13.4. The summed E-state index contributed by atoms with van der Waals surface area (Å²) in [5, 5.41) is 14.5. The Balaban J connectivity index is 1.50. The number of benzene rings is 2. The summed E-state index contributed by atoms with van der Waals surface area (Å²) in [6.45, 7) is 3.63. The van der Waals surface area contributed by atoms with E-state index in [2.05, 4.69) is 5.32 Å². The standard InChI is InChI=1S/C31H28ClFN2O6S/c1-3-40-28(36)31(16-17-31)30(14-12-21(13-15-30)23-6-4-5-7-25(23)35(38)39)27-24(18-26(32)42-27)34-29(37)41-19(2)20-8-10-22(33)11-9-20/h4-14,18-19H,3,15-17H2,1-2H3,(H,34,37)/t19?,30-/m1/s1. The number of hydrogen-bond donors (Lipinski definition) is 1. The highest BCUT2D eigenvalue weighted by Crippen LogP contribution is 2.66. The van der Waals surface area contributed by atoms with Gasteiger partial charge < -0.3 is 9.47 Å². The van der Waals surface area contributed by atoms with E-state index >= 15 is 0 Å². The molecule has 8 nitrogen and oxygen atoms in total. The minimum Gasteiger partial charge on any atom is -0.466 e. The number of anilines is 1. The summed E-state index contributed by atoms with van der Waals surface area (Å²) in [5.74, 6) is -0.742. The summed E-state index contributed by atoms with van der Waals surface area (Å²) in [5.41, 5.74) is 0.274. The molecule has 1 heterocycles. The van der Waals surface area contributed by atoms with Gasteiger partial charge in [-0.2, -0.15) is 0 Å². The average Bonchev–Trinajstić information content (AvgIpc) is 3.71. The number of amides is 1. The quantitative estimate of drug-likeness (QED) is 0.148. The Morgan fingerprint density at radius 2 is 1.90 bits per heavy atom. The number of para-hydroxylation sites is 1. The van der Waals surface area contributed by atoms with Crippen molar-refractivity contribution in [3.8, 4) is 0 Å². The number of nitrogens with zero attached hydrogens (tertiary/aromatic N) is 1. The molecule has 42 heavy (non-hydrogen) atoms. The molecule has 0 saturated heterocycles. The number of allylic oxidation sites excluding steroid dienone is 4. The third-order valence-corrected chi connectivity index (χ3v) is 9.28. The Kier molecular flexibility index (Phi) is 8.21. The molecule has 1 unspecified atom stereocenters. The Labute approximate surface area is 250 Å². The van der Waals surface area contributed by atoms with E-state index in [1.807, 2.05) is 12.2 Å². The van der Waals surface area contributed by atoms with Crippen molar-refractivity contribution >= 4 is 51.9 Å². The number of halogens is 2. The molecule has 2 atom stereocenters. The second-order valence-electron chi connectivity index (χ2n) is 10.3. The second-order valence-corrected chi connectivity index (χ2v) is 11.9. The molecule has 2 aliphatic rings. The number of ether oxygens (including phenoxy) is 2. The van der Waals surface area contributed by atoms with E-state index in [-0.39, 0.29) is 18.3 Å². The first-order valence-electron chi connectivity index (χ1n) is 13.4. The Morgan fingerprint density at radius 3 is 2.52 bits per heavy atom. The van der Waals surface area contributed by atoms with E-state index in [0.29, 0.717) is 50.9 Å². The summed E-state index contributed by atoms with van der Waals surface area (Å²) in [6, 6.07) is 13.8. The fourth-order valence-electron chi connectivity index (χ4n) is 5.57. The largest absolute Gasteiger partial charge is 0.466 e. The van der Waals surface area contributed by atoms with Crippen LogP contribution in [0.2, 0.25) is 4.34 Å². The second kappa shape index (κ2) is 11.7. The monoisotopic (exact) mass is 610 g/mol. The van der Waals surface area contributed by atoms with Crippen LogP contribution in [-0.4, -0.2) is 23.6 Å². The Morgan fingerprint density at radius 1 is 1.19 bits per heavy atom. The van der Waals surface area contributed by atoms with Gasteiger partial charge in [-0.1, -0.05) is 54.1 Å². The molecule has 11 heteroatoms. The summed E-state index contributed by atoms with van der Waals surface area (Å²) < 4.78 is 24.8. The van der Waals surface area contributed by atoms with Crippen LogP contribution in [0.4, 0.5) is 20.6 Å². The van der Waals surface area contributed by atoms with Crippen molar-refractivity contribution < 1.29 is 28.4 Å². The lowest BCUT2D eigenvalue weighted by Gasteiger charge is -2.39. The molecule has 1 N–H and O–H groups in total. The average molecular weight is 611 g/mol. The lowest BCUT2D eigenvalue weighted by atomic mass is 9.66. The van der Waals surface area contributed by atoms with Gasteiger partial charge in [0.2, 0.25) is 0 Å². The first-order valence-corrected chi connectivity index (χ1v) is 14.6. The minimum atomic E-state index is -0.935. The lowest BCUT2D eigenvalue weighted by molar-refractivity contribution is -0.385. The maximum Gasteiger partial charge on any atom is 0.412 e. The number of nitro groups is 1. The number of nitro benzene ring substituents is 1. The fourth-order valence-corrected chi connectivity index (χ4v) is 7.03. The number of esters is 1. The zero-order valence-corrected chi connectivity index (χ0v) is 24.5. The van der Waals surface area contributed by atoms with Crippen molar-refractivity contribution in [3.05, 3.63) is 109 Å². The van der Waals surface area contributed by atoms with Gasteiger partial charge in [0, 0.05) is 16.4 Å². The van der Waals surface area contributed by atoms with Gasteiger partial charge >= 0.3 is 12.1 Å². The molecule has 2 aromatic carbocycles. The molecule has 1 saturated carbocycles. The summed E-state index contributed by atoms with van der Waals surface area (Å²) in [7, 11) is 0. The van der Waals surface area contributed by atoms with Gasteiger partial charge in [-0.25, -0.2) is 9.18 Å². The zero-order valence-electron chi connectivity index (χ0n) is 22.9. The molecule has 3 aromatic rings. The van der Waals surface area contributed by atoms with Gasteiger partial charge in [-0.15, -0.1) is 11.3 Å². The number of nitrogens with one attached hydrogen (secondary N) is 1. The summed E-state index contributed by atoms with van der Waals surface area (Å²) in [6.07, 6.45) is 5.60. The highest BCUT2D eigenvalue weighted by molar-refractivity contribution is 7.17. The number of carbonyl (C=O) groups excluding carboxylic acids is 2. The van der Waals surface area contributed by atoms with Crippen molar-refractivity contribution in [1.29, 1.82) is 0 Å². The number of hydrogen-bond acceptors (Lipinski definition) is 7. The lowest BCUT2D eigenvalue weighted by Crippen LogP contribution is -2.42. The van der Waals surface area contributed by atoms with Crippen LogP contribution in [0.15, 0.2) is 72.8 Å². The minimum absolute atomic E-state index is 0.0213. The fraction of sp³-hybridized carbons (Fsp3) is 0.290. The van der Waals surface area contributed by atoms with Crippen LogP contribution in [-0.2, 0) is 19.7 Å². The van der Waals surface area contributed by atoms with Crippen molar-refractivity contribution in [2.24, 2.45) is 5.41 Å². The highest BCUT2D eigenvalue weighted by atomic mass is 35.5. The van der Waals surface area contributed by atoms with Crippen LogP contribution in [0.25, 0.3) is 5.57 Å². The first kappa shape index (κ1) is 29.5. The maximum atomic E-state index is 13.4. The van der Waals surface area contributed by atoms with E-state index in [1.54, 1.807) is 56.3 Å². The molecule has 2 aliphatic carbocycles. The Bertz CT molecular complexity index is 1600. The predicted molar refractivity (Wildman–Crippen MR) is 159 cm³/mol. The van der Waals surface area contributed by atoms with Gasteiger partial charge in [0.1, 0.15) is 11.9 Å². The van der Waals surface area contributed by atoms with E-state index in [9.17, 15) is 24.1 Å². The first-order chi connectivity index (χ1) is 20.1. The van der Waals surface area contributed by atoms with E-state index in [1.165, 1.54) is 29.5 Å². The van der Waals surface area contributed by atoms with Crippen LogP contribution in [0.3, 0.4) is 0 Å². The molecule has 0 bridgehead atoms. The van der Waals surface area contributed by atoms with Crippen molar-refractivity contribution in [2.75, 3.05) is 11.9 Å². The molecule has 1 amide bonds. The van der Waals surface area contributed by atoms with Crippen molar-refractivity contribution in [3.63, 3.8) is 0 Å². The van der Waals surface area contributed by atoms with E-state index in [4.69, 9.17) is 21.1 Å². The number of thiophene rings is 1. The molecule has 0 spiro atoms. The van der Waals surface area contributed by atoms with Gasteiger partial charge in [0.15, 0.2) is 0 Å². The van der Waals surface area contributed by atoms with Crippen LogP contribution >= 0.6 is 22.9 Å². The SMILES string of the molecule is CCOC(=O)C1([C@]2(c3sc(Cl)cc3NC(=O)OC(C)c3ccc(F)cc3)C=CC(c3ccccc3[N+](=O)[O-])=CC2)CC1. The van der Waals surface area contributed by atoms with Crippen LogP contribution in [0.1, 0.15) is 55.2 Å². The molecule has 1 fully saturated rings. The predicted octanol–water partition coefficient (Wildman–Crippen LogP) is 8.38. The van der Waals surface area contributed by atoms with Crippen LogP contribution in [0, 0.1) is 21.3 Å². The highest BCUT2D eigenvalue weighted by Gasteiger charge is 2.66. The van der Waals surface area contributed by atoms with Crippen molar-refractivity contribution in [1.82, 2.24) is 0 Å². The topological polar surface area (TPSA) is 108 Å². The Hall–Kier alpha value is -4.02. The normalized spacial score (nSPS) is 19.4. The molecular weight excluding hydrogens is 583 g/mol. The molecule has 0 radical (unpaired) electrons. The molecular formula is C31H28ClFN2O6S. The number of carbonyl (C=O) groups is 2. The van der Waals surface area contributed by atoms with Gasteiger partial charge in [0.25, 0.3) is 5.69 Å². The van der Waals surface area contributed by atoms with Gasteiger partial charge in [-0.05, 0) is 68.5 Å². The van der Waals surface area contributed by atoms with Gasteiger partial charge in [0.05, 0.1) is 32.5 Å². The zero-order chi connectivity index (χ0) is 30.1. The third kappa shape index (κ3) is 5.44. The van der Waals surface area contributed by atoms with Crippen molar-refractivity contribution in [2.45, 2.75) is 44.6 Å². The van der Waals surface area contributed by atoms with E-state index in [0.717, 1.165) is 0 Å². The third-order valence-electron chi connectivity index (χ3n) is 7.84. The molecule has 1 aromatic heterocycles. The molecule has 5 rings (SSSR count).